The van der Waals surface area contributed by atoms with Gasteiger partial charge in [0, 0.05) is 17.3 Å². The van der Waals surface area contributed by atoms with Crippen LogP contribution in [-0.2, 0) is 0 Å². The van der Waals surface area contributed by atoms with E-state index in [0.717, 1.165) is 39.6 Å². The maximum atomic E-state index is 4.95. The van der Waals surface area contributed by atoms with Gasteiger partial charge in [0.2, 0.25) is 0 Å². The number of para-hydroxylation sites is 2. The summed E-state index contributed by atoms with van der Waals surface area (Å²) in [7, 11) is 0. The summed E-state index contributed by atoms with van der Waals surface area (Å²) in [5.41, 5.74) is 7.11. The second-order valence-corrected chi connectivity index (χ2v) is 6.96. The quantitative estimate of drug-likeness (QED) is 0.403. The predicted octanol–water partition coefficient (Wildman–Crippen LogP) is 5.70. The normalized spacial score (nSPS) is 10.9. The van der Waals surface area contributed by atoms with Crippen molar-refractivity contribution in [1.29, 1.82) is 0 Å². The highest BCUT2D eigenvalue weighted by Gasteiger charge is 2.19. The van der Waals surface area contributed by atoms with E-state index < -0.39 is 0 Å². The number of aryl methyl sites for hydroxylation is 1. The molecule has 2 aromatic heterocycles. The molecule has 0 N–H and O–H groups in total. The zero-order valence-electron chi connectivity index (χ0n) is 16.1. The van der Waals surface area contributed by atoms with E-state index in [1.807, 2.05) is 70.9 Å². The van der Waals surface area contributed by atoms with Crippen LogP contribution in [0.3, 0.4) is 0 Å². The Labute approximate surface area is 169 Å². The average Bonchev–Trinajstić information content (AvgIpc) is 3.39. The van der Waals surface area contributed by atoms with Crippen LogP contribution in [0.2, 0.25) is 0 Å². The Morgan fingerprint density at radius 1 is 0.655 bits per heavy atom. The molecule has 0 unspecified atom stereocenters. The molecule has 0 aliphatic carbocycles. The third-order valence-corrected chi connectivity index (χ3v) is 4.89. The van der Waals surface area contributed by atoms with Gasteiger partial charge in [-0.2, -0.15) is 10.2 Å². The summed E-state index contributed by atoms with van der Waals surface area (Å²) in [6.45, 7) is 2.02. The molecule has 0 aliphatic heterocycles. The van der Waals surface area contributed by atoms with E-state index in [0.29, 0.717) is 0 Å². The standard InChI is InChI=1S/C25H20N4/c1-19-17-24(29(26-19)22-15-9-4-10-16-22)23-18-28(21-13-7-3-8-14-21)27-25(23)20-11-5-2-6-12-20/h2-18H,1H3. The average molecular weight is 376 g/mol. The van der Waals surface area contributed by atoms with Crippen molar-refractivity contribution in [3.05, 3.63) is 109 Å². The third-order valence-electron chi connectivity index (χ3n) is 4.89. The lowest BCUT2D eigenvalue weighted by Crippen LogP contribution is -1.99. The molecule has 0 atom stereocenters. The summed E-state index contributed by atoms with van der Waals surface area (Å²) in [5, 5.41) is 9.70. The van der Waals surface area contributed by atoms with Crippen LogP contribution in [0.5, 0.6) is 0 Å². The zero-order valence-corrected chi connectivity index (χ0v) is 16.1. The van der Waals surface area contributed by atoms with Gasteiger partial charge in [-0.05, 0) is 37.3 Å². The monoisotopic (exact) mass is 376 g/mol. The topological polar surface area (TPSA) is 35.6 Å². The Kier molecular flexibility index (Phi) is 4.30. The molecule has 5 rings (SSSR count). The van der Waals surface area contributed by atoms with Crippen LogP contribution in [-0.4, -0.2) is 19.6 Å². The van der Waals surface area contributed by atoms with E-state index in [2.05, 4.69) is 48.7 Å². The van der Waals surface area contributed by atoms with Gasteiger partial charge in [-0.15, -0.1) is 0 Å². The second-order valence-electron chi connectivity index (χ2n) is 6.96. The van der Waals surface area contributed by atoms with Crippen LogP contribution in [0.1, 0.15) is 5.69 Å². The third kappa shape index (κ3) is 3.25. The molecule has 0 saturated carbocycles. The van der Waals surface area contributed by atoms with Crippen LogP contribution in [0.15, 0.2) is 103 Å². The number of hydrogen-bond acceptors (Lipinski definition) is 2. The predicted molar refractivity (Wildman–Crippen MR) is 116 cm³/mol. The van der Waals surface area contributed by atoms with Crippen molar-refractivity contribution in [3.8, 4) is 33.9 Å². The number of hydrogen-bond donors (Lipinski definition) is 0. The SMILES string of the molecule is Cc1cc(-c2cn(-c3ccccc3)nc2-c2ccccc2)n(-c2ccccc2)n1. The Hall–Kier alpha value is -3.92. The molecule has 0 radical (unpaired) electrons. The second kappa shape index (κ2) is 7.24. The minimum absolute atomic E-state index is 0.937. The van der Waals surface area contributed by atoms with Crippen molar-refractivity contribution in [3.63, 3.8) is 0 Å². The fourth-order valence-electron chi connectivity index (χ4n) is 3.54. The molecular weight excluding hydrogens is 356 g/mol. The molecule has 3 aromatic carbocycles. The van der Waals surface area contributed by atoms with Crippen LogP contribution >= 0.6 is 0 Å². The lowest BCUT2D eigenvalue weighted by Gasteiger charge is -2.07. The van der Waals surface area contributed by atoms with E-state index >= 15 is 0 Å². The van der Waals surface area contributed by atoms with Crippen LogP contribution in [0.25, 0.3) is 33.9 Å². The summed E-state index contributed by atoms with van der Waals surface area (Å²) in [6, 6.07) is 32.8. The van der Waals surface area contributed by atoms with Crippen LogP contribution in [0.4, 0.5) is 0 Å². The highest BCUT2D eigenvalue weighted by atomic mass is 15.3. The molecule has 0 saturated heterocycles. The van der Waals surface area contributed by atoms with E-state index in [9.17, 15) is 0 Å². The van der Waals surface area contributed by atoms with Crippen LogP contribution < -0.4 is 0 Å². The van der Waals surface area contributed by atoms with Crippen molar-refractivity contribution < 1.29 is 0 Å². The smallest absolute Gasteiger partial charge is 0.102 e. The van der Waals surface area contributed by atoms with Gasteiger partial charge in [0.15, 0.2) is 0 Å². The number of nitrogens with zero attached hydrogens (tertiary/aromatic N) is 4. The van der Waals surface area contributed by atoms with Crippen LogP contribution in [0, 0.1) is 6.92 Å². The molecule has 0 amide bonds. The maximum Gasteiger partial charge on any atom is 0.102 e. The number of rotatable bonds is 4. The van der Waals surface area contributed by atoms with Crippen molar-refractivity contribution in [2.24, 2.45) is 0 Å². The first-order chi connectivity index (χ1) is 14.3. The summed E-state index contributed by atoms with van der Waals surface area (Å²) in [4.78, 5) is 0. The van der Waals surface area contributed by atoms with Gasteiger partial charge in [0.05, 0.1) is 22.8 Å². The number of aromatic nitrogens is 4. The molecule has 0 fully saturated rings. The summed E-state index contributed by atoms with van der Waals surface area (Å²) < 4.78 is 3.93. The fraction of sp³-hybridized carbons (Fsp3) is 0.0400. The molecule has 29 heavy (non-hydrogen) atoms. The Bertz CT molecular complexity index is 1240. The number of benzene rings is 3. The van der Waals surface area contributed by atoms with Gasteiger partial charge < -0.3 is 0 Å². The largest absolute Gasteiger partial charge is 0.240 e. The minimum atomic E-state index is 0.937. The molecule has 0 aliphatic rings. The molecule has 5 aromatic rings. The molecule has 2 heterocycles. The lowest BCUT2D eigenvalue weighted by molar-refractivity contribution is 0.868. The fourth-order valence-corrected chi connectivity index (χ4v) is 3.54. The minimum Gasteiger partial charge on any atom is -0.240 e. The van der Waals surface area contributed by atoms with Gasteiger partial charge in [0.1, 0.15) is 5.69 Å². The maximum absolute atomic E-state index is 4.95. The van der Waals surface area contributed by atoms with Crippen molar-refractivity contribution in [1.82, 2.24) is 19.6 Å². The molecule has 0 spiro atoms. The van der Waals surface area contributed by atoms with E-state index in [1.54, 1.807) is 0 Å². The molecule has 0 bridgehead atoms. The lowest BCUT2D eigenvalue weighted by atomic mass is 10.1. The summed E-state index contributed by atoms with van der Waals surface area (Å²) in [5.74, 6) is 0. The first-order valence-electron chi connectivity index (χ1n) is 9.62. The van der Waals surface area contributed by atoms with Gasteiger partial charge in [-0.3, -0.25) is 0 Å². The van der Waals surface area contributed by atoms with Crippen molar-refractivity contribution in [2.45, 2.75) is 6.92 Å². The van der Waals surface area contributed by atoms with E-state index in [-0.39, 0.29) is 0 Å². The van der Waals surface area contributed by atoms with Crippen molar-refractivity contribution in [2.75, 3.05) is 0 Å². The molecule has 4 heteroatoms. The van der Waals surface area contributed by atoms with Crippen molar-refractivity contribution >= 4 is 0 Å². The molecule has 4 nitrogen and oxygen atoms in total. The molecule has 140 valence electrons. The summed E-state index contributed by atoms with van der Waals surface area (Å²) >= 11 is 0. The van der Waals surface area contributed by atoms with E-state index in [4.69, 9.17) is 10.2 Å². The van der Waals surface area contributed by atoms with Gasteiger partial charge in [0.25, 0.3) is 0 Å². The molecular formula is C25H20N4. The first-order valence-corrected chi connectivity index (χ1v) is 9.62. The van der Waals surface area contributed by atoms with E-state index in [1.165, 1.54) is 0 Å². The van der Waals surface area contributed by atoms with Gasteiger partial charge in [-0.25, -0.2) is 9.36 Å². The Morgan fingerprint density at radius 3 is 1.90 bits per heavy atom. The zero-order chi connectivity index (χ0) is 19.6. The highest BCUT2D eigenvalue weighted by molar-refractivity contribution is 5.80. The Balaban J connectivity index is 1.74. The Morgan fingerprint density at radius 2 is 1.24 bits per heavy atom. The highest BCUT2D eigenvalue weighted by Crippen LogP contribution is 2.33. The van der Waals surface area contributed by atoms with Gasteiger partial charge in [-0.1, -0.05) is 66.7 Å². The summed E-state index contributed by atoms with van der Waals surface area (Å²) in [6.07, 6.45) is 2.09. The first kappa shape index (κ1) is 17.2. The van der Waals surface area contributed by atoms with Gasteiger partial charge >= 0.3 is 0 Å².